The molecule has 17 heteroatoms. The summed E-state index contributed by atoms with van der Waals surface area (Å²) in [5.74, 6) is -5.34. The SMILES string of the molecule is CCOS(=O)(=O)OC(=O)CC(O)(CC(=O)O)C(=O)O.O.O.[NaH].[NaH].[NaH].[NaH]. The zero-order valence-electron chi connectivity index (χ0n) is 10.7. The Hall–Kier alpha value is 2.20. The molecule has 0 aliphatic rings. The van der Waals surface area contributed by atoms with Crippen LogP contribution in [0.4, 0.5) is 0 Å². The Morgan fingerprint density at radius 3 is 1.64 bits per heavy atom. The Kier molecular flexibility index (Phi) is 38.3. The summed E-state index contributed by atoms with van der Waals surface area (Å²) < 4.78 is 29.7. The molecule has 134 valence electrons. The first kappa shape index (κ1) is 45.8. The van der Waals surface area contributed by atoms with E-state index in [4.69, 9.17) is 10.2 Å². The van der Waals surface area contributed by atoms with Gasteiger partial charge in [0.25, 0.3) is 0 Å². The van der Waals surface area contributed by atoms with Gasteiger partial charge in [-0.2, -0.15) is 8.42 Å². The predicted octanol–water partition coefficient (Wildman–Crippen LogP) is -5.75. The zero-order chi connectivity index (χ0) is 15.3. The van der Waals surface area contributed by atoms with Crippen LogP contribution in [0.5, 0.6) is 0 Å². The number of hydrogen-bond acceptors (Lipinski definition) is 8. The normalized spacial score (nSPS) is 11.0. The molecule has 0 aromatic carbocycles. The van der Waals surface area contributed by atoms with Crippen molar-refractivity contribution in [2.45, 2.75) is 25.4 Å². The van der Waals surface area contributed by atoms with Crippen LogP contribution in [0.15, 0.2) is 0 Å². The molecule has 1 atom stereocenters. The van der Waals surface area contributed by atoms with Crippen molar-refractivity contribution in [3.8, 4) is 0 Å². The fraction of sp³-hybridized carbons (Fsp3) is 0.625. The molecule has 0 aliphatic heterocycles. The van der Waals surface area contributed by atoms with Gasteiger partial charge < -0.3 is 30.5 Å². The number of rotatable bonds is 8. The first-order valence-corrected chi connectivity index (χ1v) is 6.15. The summed E-state index contributed by atoms with van der Waals surface area (Å²) in [6.07, 6.45) is -2.66. The molecule has 0 aromatic rings. The molecule has 1 unspecified atom stereocenters. The molecule has 0 saturated heterocycles. The van der Waals surface area contributed by atoms with Gasteiger partial charge in [-0.3, -0.25) is 9.59 Å². The molecule has 0 rings (SSSR count). The van der Waals surface area contributed by atoms with Gasteiger partial charge in [0.1, 0.15) is 0 Å². The predicted molar refractivity (Wildman–Crippen MR) is 91.9 cm³/mol. The van der Waals surface area contributed by atoms with Crippen molar-refractivity contribution in [3.63, 3.8) is 0 Å². The molecule has 12 nitrogen and oxygen atoms in total. The standard InChI is InChI=1S/C8H12O10S.4Na.2H2O.4H/c1-2-17-19(15,16)18-6(11)4-8(14,7(12)13)3-5(9)10;;;;;;;;;;/h14H,2-4H2,1H3,(H,9,10)(H,12,13);;;;;2*1H2;;;;. The summed E-state index contributed by atoms with van der Waals surface area (Å²) in [6, 6.07) is 0. The van der Waals surface area contributed by atoms with Crippen LogP contribution >= 0.6 is 0 Å². The molecule has 0 fully saturated rings. The molecule has 0 bridgehead atoms. The molecule has 0 spiro atoms. The van der Waals surface area contributed by atoms with Crippen molar-refractivity contribution in [2.75, 3.05) is 6.61 Å². The second-order valence-corrected chi connectivity index (χ2v) is 4.57. The van der Waals surface area contributed by atoms with Gasteiger partial charge in [-0.05, 0) is 6.92 Å². The minimum atomic E-state index is -4.66. The molecule has 0 saturated carbocycles. The first-order valence-electron chi connectivity index (χ1n) is 4.81. The zero-order valence-corrected chi connectivity index (χ0v) is 11.5. The topological polar surface area (TPSA) is 228 Å². The van der Waals surface area contributed by atoms with Crippen LogP contribution in [-0.4, -0.2) is 183 Å². The van der Waals surface area contributed by atoms with E-state index in [0.717, 1.165) is 0 Å². The molecular formula is C8H20Na4O12S. The maximum atomic E-state index is 11.1. The number of aliphatic hydroxyl groups is 1. The average Bonchev–Trinajstić information content (AvgIpc) is 2.13. The fourth-order valence-corrected chi connectivity index (χ4v) is 1.64. The summed E-state index contributed by atoms with van der Waals surface area (Å²) in [6.45, 7) is 0.970. The number of carbonyl (C=O) groups is 3. The van der Waals surface area contributed by atoms with Gasteiger partial charge in [0.2, 0.25) is 0 Å². The Labute approximate surface area is 232 Å². The summed E-state index contributed by atoms with van der Waals surface area (Å²) >= 11 is 0. The van der Waals surface area contributed by atoms with Crippen molar-refractivity contribution >= 4 is 147 Å². The second-order valence-electron chi connectivity index (χ2n) is 3.35. The van der Waals surface area contributed by atoms with Crippen LogP contribution in [0.3, 0.4) is 0 Å². The van der Waals surface area contributed by atoms with E-state index in [0.29, 0.717) is 0 Å². The van der Waals surface area contributed by atoms with E-state index in [1.165, 1.54) is 6.92 Å². The van der Waals surface area contributed by atoms with E-state index in [-0.39, 0.29) is 136 Å². The maximum absolute atomic E-state index is 11.1. The van der Waals surface area contributed by atoms with Crippen LogP contribution in [0, 0.1) is 0 Å². The molecule has 0 radical (unpaired) electrons. The molecular weight excluding hydrogens is 412 g/mol. The fourth-order valence-electron chi connectivity index (χ4n) is 1.01. The van der Waals surface area contributed by atoms with Crippen molar-refractivity contribution in [1.82, 2.24) is 0 Å². The summed E-state index contributed by atoms with van der Waals surface area (Å²) in [7, 11) is -4.66. The molecule has 0 aliphatic carbocycles. The van der Waals surface area contributed by atoms with E-state index in [9.17, 15) is 27.9 Å². The number of aliphatic carboxylic acids is 2. The van der Waals surface area contributed by atoms with Gasteiger partial charge in [-0.1, -0.05) is 0 Å². The Bertz CT molecular complexity index is 484. The summed E-state index contributed by atoms with van der Waals surface area (Å²) in [5, 5.41) is 26.5. The van der Waals surface area contributed by atoms with Crippen LogP contribution < -0.4 is 0 Å². The average molecular weight is 432 g/mol. The molecule has 7 N–H and O–H groups in total. The number of carbonyl (C=O) groups excluding carboxylic acids is 1. The van der Waals surface area contributed by atoms with Crippen molar-refractivity contribution in [2.24, 2.45) is 0 Å². The third kappa shape index (κ3) is 20.7. The quantitative estimate of drug-likeness (QED) is 0.308. The van der Waals surface area contributed by atoms with Crippen LogP contribution in [0.2, 0.25) is 0 Å². The second kappa shape index (κ2) is 20.9. The third-order valence-electron chi connectivity index (χ3n) is 1.74. The first-order chi connectivity index (χ1) is 8.52. The van der Waals surface area contributed by atoms with Crippen molar-refractivity contribution < 1.29 is 57.4 Å². The molecule has 25 heavy (non-hydrogen) atoms. The van der Waals surface area contributed by atoms with E-state index in [2.05, 4.69) is 8.37 Å². The monoisotopic (exact) mass is 432 g/mol. The number of hydrogen-bond donors (Lipinski definition) is 3. The Morgan fingerprint density at radius 2 is 1.36 bits per heavy atom. The van der Waals surface area contributed by atoms with E-state index in [1.807, 2.05) is 0 Å². The minimum absolute atomic E-state index is 0. The van der Waals surface area contributed by atoms with Gasteiger partial charge in [0.15, 0.2) is 5.60 Å². The number of carboxylic acids is 2. The molecule has 0 aromatic heterocycles. The van der Waals surface area contributed by atoms with Gasteiger partial charge >= 0.3 is 147 Å². The van der Waals surface area contributed by atoms with Crippen molar-refractivity contribution in [1.29, 1.82) is 0 Å². The Balaban J connectivity index is -0.000000108. The van der Waals surface area contributed by atoms with Crippen LogP contribution in [0.1, 0.15) is 19.8 Å². The third-order valence-corrected chi connectivity index (χ3v) is 2.65. The van der Waals surface area contributed by atoms with E-state index >= 15 is 0 Å². The van der Waals surface area contributed by atoms with Crippen LogP contribution in [-0.2, 0) is 33.1 Å². The van der Waals surface area contributed by atoms with Crippen LogP contribution in [0.25, 0.3) is 0 Å². The van der Waals surface area contributed by atoms with Gasteiger partial charge in [-0.25, -0.2) is 8.98 Å². The van der Waals surface area contributed by atoms with Gasteiger partial charge in [0.05, 0.1) is 19.4 Å². The summed E-state index contributed by atoms with van der Waals surface area (Å²) in [4.78, 5) is 32.2. The van der Waals surface area contributed by atoms with E-state index in [1.54, 1.807) is 0 Å². The molecule has 0 heterocycles. The number of carboxylic acid groups (broad SMARTS) is 2. The van der Waals surface area contributed by atoms with Gasteiger partial charge in [0, 0.05) is 0 Å². The molecule has 0 amide bonds. The van der Waals surface area contributed by atoms with Crippen molar-refractivity contribution in [3.05, 3.63) is 0 Å². The van der Waals surface area contributed by atoms with Gasteiger partial charge in [-0.15, -0.1) is 0 Å². The Morgan fingerprint density at radius 1 is 0.960 bits per heavy atom. The summed E-state index contributed by atoms with van der Waals surface area (Å²) in [5.41, 5.74) is -2.97. The van der Waals surface area contributed by atoms with E-state index < -0.39 is 46.7 Å².